The minimum Gasteiger partial charge on any atom is -0.337 e. The van der Waals surface area contributed by atoms with Crippen molar-refractivity contribution in [3.63, 3.8) is 0 Å². The Balaban J connectivity index is 1.79. The van der Waals surface area contributed by atoms with E-state index in [-0.39, 0.29) is 18.0 Å². The van der Waals surface area contributed by atoms with Gasteiger partial charge in [-0.25, -0.2) is 13.4 Å². The summed E-state index contributed by atoms with van der Waals surface area (Å²) in [7, 11) is -1.84. The Morgan fingerprint density at radius 1 is 1.54 bits per heavy atom. The van der Waals surface area contributed by atoms with Crippen molar-refractivity contribution in [3.05, 3.63) is 27.6 Å². The molecule has 10 heteroatoms. The van der Waals surface area contributed by atoms with Crippen molar-refractivity contribution in [2.24, 2.45) is 0 Å². The number of carbonyl (C=O) groups excluding carboxylic acids is 1. The lowest BCUT2D eigenvalue weighted by atomic mass is 10.2. The van der Waals surface area contributed by atoms with Crippen LogP contribution in [0.3, 0.4) is 0 Å². The third kappa shape index (κ3) is 3.21. The predicted molar refractivity (Wildman–Crippen MR) is 91.3 cm³/mol. The lowest BCUT2D eigenvalue weighted by Gasteiger charge is -2.26. The maximum atomic E-state index is 12.6. The van der Waals surface area contributed by atoms with E-state index in [2.05, 4.69) is 9.97 Å². The van der Waals surface area contributed by atoms with Crippen LogP contribution in [0.4, 0.5) is 0 Å². The maximum absolute atomic E-state index is 12.6. The van der Waals surface area contributed by atoms with E-state index in [4.69, 9.17) is 0 Å². The molecule has 1 N–H and O–H groups in total. The number of amides is 1. The molecule has 24 heavy (non-hydrogen) atoms. The Bertz CT molecular complexity index is 934. The van der Waals surface area contributed by atoms with Gasteiger partial charge in [-0.15, -0.1) is 11.3 Å². The standard InChI is InChI=1S/C14H18N4O4S2/c1-17(14(20)10-4-3-6-18(10)24(2,21)22)8-11-15-9-5-7-23-12(9)13(19)16-11/h5,7,10H,3-4,6,8H2,1-2H3,(H,15,16,19)/t10-/m0/s1. The number of thiophene rings is 1. The lowest BCUT2D eigenvalue weighted by molar-refractivity contribution is -0.133. The molecule has 2 aromatic rings. The maximum Gasteiger partial charge on any atom is 0.268 e. The first-order valence-electron chi connectivity index (χ1n) is 7.45. The molecule has 0 saturated carbocycles. The minimum atomic E-state index is -3.42. The van der Waals surface area contributed by atoms with Crippen molar-refractivity contribution >= 4 is 37.5 Å². The van der Waals surface area contributed by atoms with Gasteiger partial charge in [0.1, 0.15) is 16.6 Å². The molecule has 0 aromatic carbocycles. The number of aromatic nitrogens is 2. The number of nitrogens with zero attached hydrogens (tertiary/aromatic N) is 3. The van der Waals surface area contributed by atoms with Crippen LogP contribution in [0.5, 0.6) is 0 Å². The highest BCUT2D eigenvalue weighted by Crippen LogP contribution is 2.22. The number of carbonyl (C=O) groups is 1. The van der Waals surface area contributed by atoms with E-state index < -0.39 is 16.1 Å². The van der Waals surface area contributed by atoms with Gasteiger partial charge in [0.05, 0.1) is 18.3 Å². The van der Waals surface area contributed by atoms with Gasteiger partial charge in [-0.2, -0.15) is 4.31 Å². The smallest absolute Gasteiger partial charge is 0.268 e. The van der Waals surface area contributed by atoms with E-state index >= 15 is 0 Å². The number of H-pyrrole nitrogens is 1. The van der Waals surface area contributed by atoms with Crippen LogP contribution in [0.1, 0.15) is 18.7 Å². The largest absolute Gasteiger partial charge is 0.337 e. The average Bonchev–Trinajstić information content (AvgIpc) is 3.14. The molecule has 0 unspecified atom stereocenters. The molecular weight excluding hydrogens is 352 g/mol. The molecule has 1 fully saturated rings. The summed E-state index contributed by atoms with van der Waals surface area (Å²) >= 11 is 1.31. The molecule has 1 atom stereocenters. The van der Waals surface area contributed by atoms with Crippen molar-refractivity contribution in [2.45, 2.75) is 25.4 Å². The zero-order valence-electron chi connectivity index (χ0n) is 13.4. The highest BCUT2D eigenvalue weighted by atomic mass is 32.2. The summed E-state index contributed by atoms with van der Waals surface area (Å²) in [5.41, 5.74) is 0.364. The van der Waals surface area contributed by atoms with E-state index in [0.29, 0.717) is 35.4 Å². The van der Waals surface area contributed by atoms with Crippen LogP contribution >= 0.6 is 11.3 Å². The second-order valence-corrected chi connectivity index (χ2v) is 8.72. The summed E-state index contributed by atoms with van der Waals surface area (Å²) in [5, 5.41) is 1.79. The number of rotatable bonds is 4. The fourth-order valence-electron chi connectivity index (χ4n) is 2.94. The van der Waals surface area contributed by atoms with E-state index in [1.165, 1.54) is 20.5 Å². The molecule has 3 rings (SSSR count). The number of fused-ring (bicyclic) bond motifs is 1. The minimum absolute atomic E-state index is 0.119. The van der Waals surface area contributed by atoms with Crippen molar-refractivity contribution in [1.29, 1.82) is 0 Å². The van der Waals surface area contributed by atoms with E-state index in [9.17, 15) is 18.0 Å². The molecule has 3 heterocycles. The van der Waals surface area contributed by atoms with Crippen LogP contribution < -0.4 is 5.56 Å². The summed E-state index contributed by atoms with van der Waals surface area (Å²) in [6, 6.07) is 1.07. The molecule has 1 saturated heterocycles. The molecule has 0 aliphatic carbocycles. The Hall–Kier alpha value is -1.78. The second-order valence-electron chi connectivity index (χ2n) is 5.87. The Labute approximate surface area is 143 Å². The van der Waals surface area contributed by atoms with Crippen molar-refractivity contribution in [2.75, 3.05) is 19.8 Å². The topological polar surface area (TPSA) is 103 Å². The van der Waals surface area contributed by atoms with Gasteiger partial charge < -0.3 is 9.88 Å². The van der Waals surface area contributed by atoms with Crippen LogP contribution in [-0.4, -0.2) is 59.4 Å². The van der Waals surface area contributed by atoms with Crippen LogP contribution in [0.25, 0.3) is 10.2 Å². The third-order valence-corrected chi connectivity index (χ3v) is 6.23. The number of sulfonamides is 1. The molecule has 1 aliphatic rings. The molecule has 0 bridgehead atoms. The number of likely N-dealkylation sites (N-methyl/N-ethyl adjacent to an activating group) is 1. The molecule has 1 aliphatic heterocycles. The molecule has 2 aromatic heterocycles. The van der Waals surface area contributed by atoms with Crippen LogP contribution in [0.2, 0.25) is 0 Å². The van der Waals surface area contributed by atoms with E-state index in [1.807, 2.05) is 0 Å². The molecule has 0 radical (unpaired) electrons. The fraction of sp³-hybridized carbons (Fsp3) is 0.500. The monoisotopic (exact) mass is 370 g/mol. The average molecular weight is 370 g/mol. The van der Waals surface area contributed by atoms with E-state index in [1.54, 1.807) is 18.5 Å². The highest BCUT2D eigenvalue weighted by molar-refractivity contribution is 7.88. The lowest BCUT2D eigenvalue weighted by Crippen LogP contribution is -2.46. The van der Waals surface area contributed by atoms with Gasteiger partial charge in [0.2, 0.25) is 15.9 Å². The third-order valence-electron chi connectivity index (χ3n) is 4.04. The van der Waals surface area contributed by atoms with Crippen LogP contribution in [0.15, 0.2) is 16.2 Å². The molecule has 130 valence electrons. The van der Waals surface area contributed by atoms with Gasteiger partial charge in [-0.05, 0) is 24.3 Å². The first kappa shape index (κ1) is 17.1. The van der Waals surface area contributed by atoms with Crippen LogP contribution in [0, 0.1) is 0 Å². The second kappa shape index (κ2) is 6.26. The SMILES string of the molecule is CN(Cc1nc2ccsc2c(=O)[nH]1)C(=O)[C@@H]1CCCN1S(C)(=O)=O. The number of nitrogens with one attached hydrogen (secondary N) is 1. The Morgan fingerprint density at radius 2 is 2.29 bits per heavy atom. The summed E-state index contributed by atoms with van der Waals surface area (Å²) < 4.78 is 25.4. The van der Waals surface area contributed by atoms with Gasteiger partial charge in [0.25, 0.3) is 5.56 Å². The molecule has 1 amide bonds. The van der Waals surface area contributed by atoms with Gasteiger partial charge in [-0.3, -0.25) is 9.59 Å². The number of aromatic amines is 1. The normalized spacial score (nSPS) is 19.0. The van der Waals surface area contributed by atoms with Crippen molar-refractivity contribution < 1.29 is 13.2 Å². The molecule has 0 spiro atoms. The first-order valence-corrected chi connectivity index (χ1v) is 10.2. The Kier molecular flexibility index (Phi) is 4.45. The zero-order chi connectivity index (χ0) is 17.5. The first-order chi connectivity index (χ1) is 11.3. The summed E-state index contributed by atoms with van der Waals surface area (Å²) in [4.78, 5) is 33.0. The van der Waals surface area contributed by atoms with E-state index in [0.717, 1.165) is 6.26 Å². The fourth-order valence-corrected chi connectivity index (χ4v) is 4.78. The predicted octanol–water partition coefficient (Wildman–Crippen LogP) is 0.367. The van der Waals surface area contributed by atoms with Gasteiger partial charge in [0.15, 0.2) is 0 Å². The Morgan fingerprint density at radius 3 is 3.00 bits per heavy atom. The number of hydrogen-bond donors (Lipinski definition) is 1. The summed E-state index contributed by atoms with van der Waals surface area (Å²) in [5.74, 6) is 0.0941. The molecular formula is C14H18N4O4S2. The van der Waals surface area contributed by atoms with Gasteiger partial charge in [0, 0.05) is 13.6 Å². The molecule has 8 nitrogen and oxygen atoms in total. The van der Waals surface area contributed by atoms with Gasteiger partial charge >= 0.3 is 0 Å². The quantitative estimate of drug-likeness (QED) is 0.837. The zero-order valence-corrected chi connectivity index (χ0v) is 15.0. The van der Waals surface area contributed by atoms with Crippen LogP contribution in [-0.2, 0) is 21.4 Å². The summed E-state index contributed by atoms with van der Waals surface area (Å²) in [6.07, 6.45) is 2.28. The van der Waals surface area contributed by atoms with Crippen molar-refractivity contribution in [3.8, 4) is 0 Å². The highest BCUT2D eigenvalue weighted by Gasteiger charge is 2.37. The number of hydrogen-bond acceptors (Lipinski definition) is 6. The summed E-state index contributed by atoms with van der Waals surface area (Å²) in [6.45, 7) is 0.479. The van der Waals surface area contributed by atoms with Crippen molar-refractivity contribution in [1.82, 2.24) is 19.2 Å². The van der Waals surface area contributed by atoms with Gasteiger partial charge in [-0.1, -0.05) is 0 Å².